The van der Waals surface area contributed by atoms with Crippen molar-refractivity contribution < 1.29 is 28.0 Å². The van der Waals surface area contributed by atoms with E-state index in [0.717, 1.165) is 0 Å². The molecule has 0 bridgehead atoms. The average molecular weight is 549 g/mol. The maximum Gasteiger partial charge on any atom is 0.311 e. The fourth-order valence-electron chi connectivity index (χ4n) is 3.96. The second-order valence-corrected chi connectivity index (χ2v) is 10.1. The van der Waals surface area contributed by atoms with Crippen molar-refractivity contribution in [3.05, 3.63) is 107 Å². The number of hydrogen-bond donors (Lipinski definition) is 3. The molecule has 1 atom stereocenters. The molecule has 1 unspecified atom stereocenters. The number of hydrogen-bond acceptors (Lipinski definition) is 8. The third kappa shape index (κ3) is 6.55. The number of nitro groups is 1. The van der Waals surface area contributed by atoms with E-state index < -0.39 is 33.4 Å². The molecule has 0 aliphatic carbocycles. The van der Waals surface area contributed by atoms with Crippen LogP contribution in [0.4, 0.5) is 17.2 Å². The normalized spacial score (nSPS) is 11.9. The van der Waals surface area contributed by atoms with E-state index in [1.54, 1.807) is 60.7 Å². The number of methoxy groups -OCH3 is 1. The number of rotatable bonds is 11. The molecule has 4 rings (SSSR count). The molecule has 200 valence electrons. The molecule has 1 heterocycles. The first-order valence-corrected chi connectivity index (χ1v) is 13.1. The Morgan fingerprint density at radius 3 is 2.46 bits per heavy atom. The number of carbonyl (C=O) groups is 1. The maximum absolute atomic E-state index is 13.5. The fraction of sp³-hybridized carbons (Fsp3) is 0.111. The number of anilines is 2. The Bertz CT molecular complexity index is 1610. The summed E-state index contributed by atoms with van der Waals surface area (Å²) in [5.41, 5.74) is 1.94. The van der Waals surface area contributed by atoms with Crippen LogP contribution in [0.3, 0.4) is 0 Å². The van der Waals surface area contributed by atoms with Crippen molar-refractivity contribution in [2.45, 2.75) is 17.4 Å². The highest BCUT2D eigenvalue weighted by molar-refractivity contribution is 7.89. The zero-order chi connectivity index (χ0) is 28.0. The average Bonchev–Trinajstić information content (AvgIpc) is 2.93. The zero-order valence-corrected chi connectivity index (χ0v) is 21.5. The van der Waals surface area contributed by atoms with Crippen molar-refractivity contribution in [3.8, 4) is 16.9 Å². The Labute approximate surface area is 224 Å². The van der Waals surface area contributed by atoms with Gasteiger partial charge in [0.05, 0.1) is 24.5 Å². The Hall–Kier alpha value is -4.81. The molecule has 0 radical (unpaired) electrons. The third-order valence-electron chi connectivity index (χ3n) is 5.77. The molecule has 39 heavy (non-hydrogen) atoms. The van der Waals surface area contributed by atoms with Gasteiger partial charge in [0.25, 0.3) is 0 Å². The van der Waals surface area contributed by atoms with Gasteiger partial charge in [-0.3, -0.25) is 14.9 Å². The van der Waals surface area contributed by atoms with Gasteiger partial charge in [0.1, 0.15) is 10.6 Å². The Kier molecular flexibility index (Phi) is 8.18. The summed E-state index contributed by atoms with van der Waals surface area (Å²) in [6, 6.07) is 21.7. The lowest BCUT2D eigenvalue weighted by Crippen LogP contribution is -2.30. The smallest absolute Gasteiger partial charge is 0.311 e. The van der Waals surface area contributed by atoms with Crippen LogP contribution in [0.1, 0.15) is 18.0 Å². The van der Waals surface area contributed by atoms with Crippen LogP contribution in [0.2, 0.25) is 0 Å². The number of pyridine rings is 1. The molecule has 0 spiro atoms. The highest BCUT2D eigenvalue weighted by atomic mass is 32.2. The van der Waals surface area contributed by atoms with E-state index in [1.807, 2.05) is 0 Å². The van der Waals surface area contributed by atoms with Crippen molar-refractivity contribution >= 4 is 33.2 Å². The molecule has 3 aromatic carbocycles. The Balaban J connectivity index is 1.69. The number of benzene rings is 3. The minimum atomic E-state index is -4.24. The van der Waals surface area contributed by atoms with Gasteiger partial charge in [-0.15, -0.1) is 0 Å². The van der Waals surface area contributed by atoms with Gasteiger partial charge >= 0.3 is 11.7 Å². The second kappa shape index (κ2) is 11.7. The SMILES string of the molecule is COc1ccc(-c2cccc(Nc3ncccc3[N+](=O)[O-])c2)cc1S(=O)(=O)NC(CC(=O)O)c1ccccc1. The van der Waals surface area contributed by atoms with Gasteiger partial charge in [-0.2, -0.15) is 0 Å². The zero-order valence-electron chi connectivity index (χ0n) is 20.6. The van der Waals surface area contributed by atoms with E-state index in [-0.39, 0.29) is 22.2 Å². The van der Waals surface area contributed by atoms with Crippen LogP contribution < -0.4 is 14.8 Å². The van der Waals surface area contributed by atoms with Crippen molar-refractivity contribution in [2.24, 2.45) is 0 Å². The first-order valence-electron chi connectivity index (χ1n) is 11.6. The van der Waals surface area contributed by atoms with Crippen molar-refractivity contribution in [1.82, 2.24) is 9.71 Å². The van der Waals surface area contributed by atoms with Gasteiger partial charge < -0.3 is 15.2 Å². The molecular formula is C27H24N4O7S. The predicted molar refractivity (Wildman–Crippen MR) is 144 cm³/mol. The third-order valence-corrected chi connectivity index (χ3v) is 7.27. The summed E-state index contributed by atoms with van der Waals surface area (Å²) in [5, 5.41) is 23.6. The first-order chi connectivity index (χ1) is 18.7. The highest BCUT2D eigenvalue weighted by Gasteiger charge is 2.27. The maximum atomic E-state index is 13.5. The number of nitrogens with one attached hydrogen (secondary N) is 2. The first kappa shape index (κ1) is 27.2. The fourth-order valence-corrected chi connectivity index (χ4v) is 5.38. The molecule has 0 fully saturated rings. The number of sulfonamides is 1. The second-order valence-electron chi connectivity index (χ2n) is 8.38. The molecule has 0 aliphatic heterocycles. The lowest BCUT2D eigenvalue weighted by Gasteiger charge is -2.19. The number of aliphatic carboxylic acids is 1. The van der Waals surface area contributed by atoms with Crippen LogP contribution in [0.5, 0.6) is 5.75 Å². The van der Waals surface area contributed by atoms with E-state index >= 15 is 0 Å². The summed E-state index contributed by atoms with van der Waals surface area (Å²) in [6.07, 6.45) is 0.971. The molecule has 1 aromatic heterocycles. The topological polar surface area (TPSA) is 161 Å². The quantitative estimate of drug-likeness (QED) is 0.175. The minimum Gasteiger partial charge on any atom is -0.495 e. The largest absolute Gasteiger partial charge is 0.495 e. The van der Waals surface area contributed by atoms with E-state index in [0.29, 0.717) is 22.4 Å². The number of carboxylic acid groups (broad SMARTS) is 1. The summed E-state index contributed by atoms with van der Waals surface area (Å²) < 4.78 is 34.8. The molecule has 0 saturated heterocycles. The Morgan fingerprint density at radius 2 is 1.77 bits per heavy atom. The molecule has 11 nitrogen and oxygen atoms in total. The number of nitrogens with zero attached hydrogens (tertiary/aromatic N) is 2. The standard InChI is InChI=1S/C27H24N4O7S/c1-38-24-13-12-20(19-9-5-10-21(15-19)29-27-23(31(34)35)11-6-14-28-27)16-25(24)39(36,37)30-22(17-26(32)33)18-7-3-2-4-8-18/h2-16,22,30H,17H2,1H3,(H,28,29)(H,32,33). The molecule has 3 N–H and O–H groups in total. The van der Waals surface area contributed by atoms with E-state index in [9.17, 15) is 28.4 Å². The van der Waals surface area contributed by atoms with Crippen LogP contribution in [0, 0.1) is 10.1 Å². The summed E-state index contributed by atoms with van der Waals surface area (Å²) in [6.45, 7) is 0. The van der Waals surface area contributed by atoms with Crippen molar-refractivity contribution in [1.29, 1.82) is 0 Å². The van der Waals surface area contributed by atoms with Gasteiger partial charge in [-0.05, 0) is 47.0 Å². The highest BCUT2D eigenvalue weighted by Crippen LogP contribution is 2.33. The molecular weight excluding hydrogens is 524 g/mol. The van der Waals surface area contributed by atoms with Crippen molar-refractivity contribution in [2.75, 3.05) is 12.4 Å². The van der Waals surface area contributed by atoms with Gasteiger partial charge in [0.15, 0.2) is 0 Å². The van der Waals surface area contributed by atoms with Gasteiger partial charge in [0, 0.05) is 18.0 Å². The molecule has 0 amide bonds. The molecule has 0 saturated carbocycles. The van der Waals surface area contributed by atoms with Gasteiger partial charge in [-0.25, -0.2) is 18.1 Å². The minimum absolute atomic E-state index is 0.0623. The molecule has 0 aliphatic rings. The van der Waals surface area contributed by atoms with Crippen LogP contribution >= 0.6 is 0 Å². The summed E-state index contributed by atoms with van der Waals surface area (Å²) in [4.78, 5) is 26.1. The lowest BCUT2D eigenvalue weighted by molar-refractivity contribution is -0.384. The Morgan fingerprint density at radius 1 is 1.03 bits per heavy atom. The van der Waals surface area contributed by atoms with E-state index in [2.05, 4.69) is 15.0 Å². The number of carboxylic acids is 1. The number of ether oxygens (including phenoxy) is 1. The van der Waals surface area contributed by atoms with E-state index in [4.69, 9.17) is 4.74 Å². The van der Waals surface area contributed by atoms with Crippen LogP contribution in [0.25, 0.3) is 11.1 Å². The van der Waals surface area contributed by atoms with Crippen molar-refractivity contribution in [3.63, 3.8) is 0 Å². The molecule has 12 heteroatoms. The van der Waals surface area contributed by atoms with Gasteiger partial charge in [-0.1, -0.05) is 48.5 Å². The van der Waals surface area contributed by atoms with Crippen LogP contribution in [-0.2, 0) is 14.8 Å². The summed E-state index contributed by atoms with van der Waals surface area (Å²) >= 11 is 0. The summed E-state index contributed by atoms with van der Waals surface area (Å²) in [5.74, 6) is -1.02. The lowest BCUT2D eigenvalue weighted by atomic mass is 10.0. The van der Waals surface area contributed by atoms with Crippen LogP contribution in [-0.4, -0.2) is 36.5 Å². The predicted octanol–water partition coefficient (Wildman–Crippen LogP) is 4.90. The van der Waals surface area contributed by atoms with E-state index in [1.165, 1.54) is 37.6 Å². The monoisotopic (exact) mass is 548 g/mol. The number of aromatic nitrogens is 1. The van der Waals surface area contributed by atoms with Crippen LogP contribution in [0.15, 0.2) is 96.0 Å². The summed E-state index contributed by atoms with van der Waals surface area (Å²) in [7, 11) is -2.90. The molecule has 4 aromatic rings. The van der Waals surface area contributed by atoms with Gasteiger partial charge in [0.2, 0.25) is 15.8 Å².